The van der Waals surface area contributed by atoms with Crippen LogP contribution in [0.3, 0.4) is 0 Å². The molecule has 3 heteroatoms. The summed E-state index contributed by atoms with van der Waals surface area (Å²) < 4.78 is 0.966. The molecule has 0 N–H and O–H groups in total. The standard InChI is InChI=1S/C10H7BrN2/c11-9-7-12-6-4-8(9)10-3-1-2-5-13-10/h1-7H. The number of nitrogens with zero attached hydrogens (tertiary/aromatic N) is 2. The highest BCUT2D eigenvalue weighted by Gasteiger charge is 2.01. The first-order valence-electron chi connectivity index (χ1n) is 3.89. The zero-order chi connectivity index (χ0) is 9.10. The van der Waals surface area contributed by atoms with Gasteiger partial charge in [0, 0.05) is 28.6 Å². The zero-order valence-corrected chi connectivity index (χ0v) is 8.40. The van der Waals surface area contributed by atoms with Gasteiger partial charge in [0.25, 0.3) is 0 Å². The fraction of sp³-hybridized carbons (Fsp3) is 0. The lowest BCUT2D eigenvalue weighted by Crippen LogP contribution is -1.83. The van der Waals surface area contributed by atoms with E-state index in [2.05, 4.69) is 25.9 Å². The molecular weight excluding hydrogens is 228 g/mol. The van der Waals surface area contributed by atoms with Gasteiger partial charge in [0.2, 0.25) is 0 Å². The second kappa shape index (κ2) is 3.66. The van der Waals surface area contributed by atoms with Crippen molar-refractivity contribution in [2.24, 2.45) is 0 Å². The Morgan fingerprint density at radius 1 is 1.08 bits per heavy atom. The minimum Gasteiger partial charge on any atom is -0.264 e. The van der Waals surface area contributed by atoms with Crippen LogP contribution in [0.1, 0.15) is 0 Å². The lowest BCUT2D eigenvalue weighted by molar-refractivity contribution is 1.27. The Balaban J connectivity index is 2.54. The van der Waals surface area contributed by atoms with Gasteiger partial charge < -0.3 is 0 Å². The summed E-state index contributed by atoms with van der Waals surface area (Å²) in [5.41, 5.74) is 2.02. The van der Waals surface area contributed by atoms with E-state index in [9.17, 15) is 0 Å². The van der Waals surface area contributed by atoms with Crippen molar-refractivity contribution in [1.29, 1.82) is 0 Å². The van der Waals surface area contributed by atoms with E-state index in [-0.39, 0.29) is 0 Å². The van der Waals surface area contributed by atoms with Crippen molar-refractivity contribution in [2.45, 2.75) is 0 Å². The van der Waals surface area contributed by atoms with Crippen molar-refractivity contribution < 1.29 is 0 Å². The molecule has 13 heavy (non-hydrogen) atoms. The van der Waals surface area contributed by atoms with Crippen molar-refractivity contribution in [2.75, 3.05) is 0 Å². The SMILES string of the molecule is Brc1cnccc1-c1ccccn1. The fourth-order valence-electron chi connectivity index (χ4n) is 1.11. The van der Waals surface area contributed by atoms with E-state index in [0.29, 0.717) is 0 Å². The van der Waals surface area contributed by atoms with Crippen molar-refractivity contribution in [3.8, 4) is 11.3 Å². The average molecular weight is 235 g/mol. The molecule has 2 heterocycles. The molecule has 0 amide bonds. The van der Waals surface area contributed by atoms with Crippen LogP contribution in [0.4, 0.5) is 0 Å². The summed E-state index contributed by atoms with van der Waals surface area (Å²) in [5, 5.41) is 0. The lowest BCUT2D eigenvalue weighted by Gasteiger charge is -2.01. The number of aromatic nitrogens is 2. The van der Waals surface area contributed by atoms with E-state index in [1.165, 1.54) is 0 Å². The van der Waals surface area contributed by atoms with Gasteiger partial charge in [-0.25, -0.2) is 0 Å². The first-order valence-corrected chi connectivity index (χ1v) is 4.68. The third kappa shape index (κ3) is 1.75. The minimum atomic E-state index is 0.955. The van der Waals surface area contributed by atoms with Gasteiger partial charge in [-0.1, -0.05) is 6.07 Å². The minimum absolute atomic E-state index is 0.955. The first-order chi connectivity index (χ1) is 6.38. The molecular formula is C10H7BrN2. The molecule has 0 aliphatic rings. The highest BCUT2D eigenvalue weighted by molar-refractivity contribution is 9.10. The summed E-state index contributed by atoms with van der Waals surface area (Å²) in [5.74, 6) is 0. The number of hydrogen-bond acceptors (Lipinski definition) is 2. The second-order valence-corrected chi connectivity index (χ2v) is 3.42. The van der Waals surface area contributed by atoms with Gasteiger partial charge in [-0.05, 0) is 34.1 Å². The van der Waals surface area contributed by atoms with Crippen LogP contribution in [0.2, 0.25) is 0 Å². The van der Waals surface area contributed by atoms with Crippen LogP contribution in [0.25, 0.3) is 11.3 Å². The summed E-state index contributed by atoms with van der Waals surface area (Å²) in [6.07, 6.45) is 5.31. The maximum atomic E-state index is 4.25. The van der Waals surface area contributed by atoms with E-state index in [1.54, 1.807) is 18.6 Å². The van der Waals surface area contributed by atoms with Crippen LogP contribution < -0.4 is 0 Å². The molecule has 0 aromatic carbocycles. The van der Waals surface area contributed by atoms with Gasteiger partial charge in [-0.15, -0.1) is 0 Å². The van der Waals surface area contributed by atoms with Gasteiger partial charge in [0.05, 0.1) is 5.69 Å². The van der Waals surface area contributed by atoms with Crippen LogP contribution in [0.5, 0.6) is 0 Å². The van der Waals surface area contributed by atoms with Crippen molar-refractivity contribution in [3.05, 3.63) is 47.3 Å². The van der Waals surface area contributed by atoms with Gasteiger partial charge in [0.1, 0.15) is 0 Å². The number of rotatable bonds is 1. The second-order valence-electron chi connectivity index (χ2n) is 2.57. The highest BCUT2D eigenvalue weighted by Crippen LogP contribution is 2.24. The van der Waals surface area contributed by atoms with Crippen molar-refractivity contribution in [1.82, 2.24) is 9.97 Å². The maximum Gasteiger partial charge on any atom is 0.0714 e. The molecule has 0 fully saturated rings. The predicted molar refractivity (Wildman–Crippen MR) is 55.2 cm³/mol. The fourth-order valence-corrected chi connectivity index (χ4v) is 1.56. The normalized spacial score (nSPS) is 9.92. The molecule has 0 spiro atoms. The lowest BCUT2D eigenvalue weighted by atomic mass is 10.2. The number of halogens is 1. The molecule has 0 aliphatic carbocycles. The smallest absolute Gasteiger partial charge is 0.0714 e. The molecule has 0 saturated heterocycles. The summed E-state index contributed by atoms with van der Waals surface area (Å²) in [7, 11) is 0. The molecule has 0 radical (unpaired) electrons. The maximum absolute atomic E-state index is 4.25. The summed E-state index contributed by atoms with van der Waals surface area (Å²) in [6.45, 7) is 0. The van der Waals surface area contributed by atoms with Crippen LogP contribution in [-0.2, 0) is 0 Å². The zero-order valence-electron chi connectivity index (χ0n) is 6.81. The quantitative estimate of drug-likeness (QED) is 0.759. The van der Waals surface area contributed by atoms with Crippen LogP contribution in [0, 0.1) is 0 Å². The Morgan fingerprint density at radius 3 is 2.69 bits per heavy atom. The van der Waals surface area contributed by atoms with Gasteiger partial charge >= 0.3 is 0 Å². The predicted octanol–water partition coefficient (Wildman–Crippen LogP) is 2.91. The Labute approximate surface area is 84.8 Å². The van der Waals surface area contributed by atoms with Crippen LogP contribution in [0.15, 0.2) is 47.3 Å². The average Bonchev–Trinajstić information content (AvgIpc) is 2.20. The van der Waals surface area contributed by atoms with Gasteiger partial charge in [-0.2, -0.15) is 0 Å². The molecule has 0 atom stereocenters. The van der Waals surface area contributed by atoms with E-state index in [0.717, 1.165) is 15.7 Å². The third-order valence-electron chi connectivity index (χ3n) is 1.71. The first kappa shape index (κ1) is 8.38. The molecule has 64 valence electrons. The highest BCUT2D eigenvalue weighted by atomic mass is 79.9. The number of pyridine rings is 2. The molecule has 0 bridgehead atoms. The van der Waals surface area contributed by atoms with E-state index in [1.807, 2.05) is 24.3 Å². The van der Waals surface area contributed by atoms with E-state index in [4.69, 9.17) is 0 Å². The molecule has 2 aromatic rings. The summed E-state index contributed by atoms with van der Waals surface area (Å²) in [4.78, 5) is 8.25. The van der Waals surface area contributed by atoms with Gasteiger partial charge in [0.15, 0.2) is 0 Å². The third-order valence-corrected chi connectivity index (χ3v) is 2.35. The van der Waals surface area contributed by atoms with E-state index < -0.39 is 0 Å². The molecule has 0 aliphatic heterocycles. The topological polar surface area (TPSA) is 25.8 Å². The largest absolute Gasteiger partial charge is 0.264 e. The Hall–Kier alpha value is -1.22. The Bertz CT molecular complexity index is 401. The monoisotopic (exact) mass is 234 g/mol. The number of hydrogen-bond donors (Lipinski definition) is 0. The Kier molecular flexibility index (Phi) is 2.36. The van der Waals surface area contributed by atoms with Crippen LogP contribution in [-0.4, -0.2) is 9.97 Å². The molecule has 2 nitrogen and oxygen atoms in total. The van der Waals surface area contributed by atoms with Crippen LogP contribution >= 0.6 is 15.9 Å². The van der Waals surface area contributed by atoms with Crippen molar-refractivity contribution in [3.63, 3.8) is 0 Å². The van der Waals surface area contributed by atoms with E-state index >= 15 is 0 Å². The Morgan fingerprint density at radius 2 is 2.00 bits per heavy atom. The summed E-state index contributed by atoms with van der Waals surface area (Å²) in [6, 6.07) is 7.78. The van der Waals surface area contributed by atoms with Crippen molar-refractivity contribution >= 4 is 15.9 Å². The summed E-state index contributed by atoms with van der Waals surface area (Å²) >= 11 is 3.43. The van der Waals surface area contributed by atoms with Gasteiger partial charge in [-0.3, -0.25) is 9.97 Å². The molecule has 0 saturated carbocycles. The molecule has 0 unspecified atom stereocenters. The molecule has 2 rings (SSSR count). The molecule has 2 aromatic heterocycles.